The minimum Gasteiger partial charge on any atom is -0.192 e. The van der Waals surface area contributed by atoms with Crippen molar-refractivity contribution in [1.82, 2.24) is 0 Å². The molecule has 2 atom stereocenters. The van der Waals surface area contributed by atoms with Crippen molar-refractivity contribution in [3.05, 3.63) is 23.3 Å². The fourth-order valence-corrected chi connectivity index (χ4v) is 1.71. The standard InChI is InChI=1S/C12H17N/c1-4-10(3)12-7-9(2)5-6-11(12)8-13/h5-6,9-10H,4,7H2,1-3H3. The van der Waals surface area contributed by atoms with Gasteiger partial charge in [-0.1, -0.05) is 26.8 Å². The zero-order chi connectivity index (χ0) is 9.84. The highest BCUT2D eigenvalue weighted by Gasteiger charge is 2.16. The highest BCUT2D eigenvalue weighted by Crippen LogP contribution is 2.30. The fourth-order valence-electron chi connectivity index (χ4n) is 1.71. The summed E-state index contributed by atoms with van der Waals surface area (Å²) in [5, 5.41) is 8.93. The molecule has 0 amide bonds. The first-order valence-corrected chi connectivity index (χ1v) is 5.00. The Morgan fingerprint density at radius 2 is 2.38 bits per heavy atom. The summed E-state index contributed by atoms with van der Waals surface area (Å²) in [7, 11) is 0. The molecular formula is C12H17N. The summed E-state index contributed by atoms with van der Waals surface area (Å²) in [4.78, 5) is 0. The molecule has 1 aliphatic carbocycles. The third-order valence-electron chi connectivity index (χ3n) is 2.81. The summed E-state index contributed by atoms with van der Waals surface area (Å²) in [5.74, 6) is 1.16. The molecule has 0 radical (unpaired) electrons. The quantitative estimate of drug-likeness (QED) is 0.630. The van der Waals surface area contributed by atoms with Crippen LogP contribution < -0.4 is 0 Å². The van der Waals surface area contributed by atoms with Crippen molar-refractivity contribution in [2.24, 2.45) is 11.8 Å². The molecule has 1 rings (SSSR count). The highest BCUT2D eigenvalue weighted by molar-refractivity contribution is 5.41. The van der Waals surface area contributed by atoms with Crippen molar-refractivity contribution in [2.75, 3.05) is 0 Å². The van der Waals surface area contributed by atoms with Gasteiger partial charge in [-0.2, -0.15) is 5.26 Å². The predicted molar refractivity (Wildman–Crippen MR) is 55.0 cm³/mol. The van der Waals surface area contributed by atoms with E-state index in [4.69, 9.17) is 5.26 Å². The number of hydrogen-bond acceptors (Lipinski definition) is 1. The van der Waals surface area contributed by atoms with E-state index in [0.29, 0.717) is 11.8 Å². The normalized spacial score (nSPS) is 24.3. The molecule has 0 aromatic rings. The van der Waals surface area contributed by atoms with Crippen LogP contribution in [0, 0.1) is 23.2 Å². The van der Waals surface area contributed by atoms with Crippen molar-refractivity contribution in [1.29, 1.82) is 5.26 Å². The van der Waals surface area contributed by atoms with Crippen LogP contribution >= 0.6 is 0 Å². The van der Waals surface area contributed by atoms with Crippen LogP contribution in [0.3, 0.4) is 0 Å². The van der Waals surface area contributed by atoms with E-state index < -0.39 is 0 Å². The third-order valence-corrected chi connectivity index (χ3v) is 2.81. The topological polar surface area (TPSA) is 23.8 Å². The van der Waals surface area contributed by atoms with Crippen LogP contribution in [0.4, 0.5) is 0 Å². The zero-order valence-corrected chi connectivity index (χ0v) is 8.67. The van der Waals surface area contributed by atoms with E-state index >= 15 is 0 Å². The number of nitriles is 1. The Morgan fingerprint density at radius 1 is 1.69 bits per heavy atom. The van der Waals surface area contributed by atoms with Gasteiger partial charge in [0.25, 0.3) is 0 Å². The fraction of sp³-hybridized carbons (Fsp3) is 0.583. The first kappa shape index (κ1) is 10.1. The van der Waals surface area contributed by atoms with Crippen molar-refractivity contribution in [2.45, 2.75) is 33.6 Å². The van der Waals surface area contributed by atoms with Gasteiger partial charge in [0.1, 0.15) is 0 Å². The molecular weight excluding hydrogens is 158 g/mol. The van der Waals surface area contributed by atoms with E-state index in [1.807, 2.05) is 6.08 Å². The van der Waals surface area contributed by atoms with Crippen LogP contribution in [-0.2, 0) is 0 Å². The molecule has 1 aliphatic rings. The molecule has 0 heterocycles. The second-order valence-electron chi connectivity index (χ2n) is 3.90. The van der Waals surface area contributed by atoms with Crippen molar-refractivity contribution in [3.8, 4) is 6.07 Å². The minimum atomic E-state index is 0.557. The van der Waals surface area contributed by atoms with Crippen LogP contribution in [0.1, 0.15) is 33.6 Å². The summed E-state index contributed by atoms with van der Waals surface area (Å²) >= 11 is 0. The minimum absolute atomic E-state index is 0.557. The van der Waals surface area contributed by atoms with Gasteiger partial charge in [0.05, 0.1) is 11.6 Å². The van der Waals surface area contributed by atoms with Gasteiger partial charge in [-0.15, -0.1) is 0 Å². The van der Waals surface area contributed by atoms with Crippen LogP contribution in [-0.4, -0.2) is 0 Å². The predicted octanol–water partition coefficient (Wildman–Crippen LogP) is 3.45. The molecule has 0 spiro atoms. The molecule has 0 aromatic heterocycles. The number of allylic oxidation sites excluding steroid dienone is 4. The molecule has 0 bridgehead atoms. The van der Waals surface area contributed by atoms with E-state index in [1.54, 1.807) is 0 Å². The van der Waals surface area contributed by atoms with Crippen LogP contribution in [0.2, 0.25) is 0 Å². The average Bonchev–Trinajstić information content (AvgIpc) is 2.16. The molecule has 13 heavy (non-hydrogen) atoms. The lowest BCUT2D eigenvalue weighted by atomic mass is 9.83. The maximum absolute atomic E-state index is 8.93. The summed E-state index contributed by atoms with van der Waals surface area (Å²) < 4.78 is 0. The van der Waals surface area contributed by atoms with E-state index in [1.165, 1.54) is 5.57 Å². The summed E-state index contributed by atoms with van der Waals surface area (Å²) in [5.41, 5.74) is 2.24. The SMILES string of the molecule is CCC(C)C1=C(C#N)C=CC(C)C1. The van der Waals surface area contributed by atoms with Gasteiger partial charge in [0.2, 0.25) is 0 Å². The highest BCUT2D eigenvalue weighted by atomic mass is 14.3. The smallest absolute Gasteiger partial charge is 0.0991 e. The van der Waals surface area contributed by atoms with Gasteiger partial charge in [-0.3, -0.25) is 0 Å². The summed E-state index contributed by atoms with van der Waals surface area (Å²) in [6.45, 7) is 6.58. The Morgan fingerprint density at radius 3 is 2.92 bits per heavy atom. The molecule has 0 N–H and O–H groups in total. The average molecular weight is 175 g/mol. The summed E-state index contributed by atoms with van der Waals surface area (Å²) in [6.07, 6.45) is 6.30. The van der Waals surface area contributed by atoms with E-state index in [0.717, 1.165) is 18.4 Å². The molecule has 0 aromatic carbocycles. The maximum Gasteiger partial charge on any atom is 0.0991 e. The van der Waals surface area contributed by atoms with Gasteiger partial charge in [-0.05, 0) is 36.3 Å². The maximum atomic E-state index is 8.93. The number of rotatable bonds is 2. The lowest BCUT2D eigenvalue weighted by Gasteiger charge is -2.21. The molecule has 0 saturated carbocycles. The van der Waals surface area contributed by atoms with Crippen molar-refractivity contribution >= 4 is 0 Å². The molecule has 1 nitrogen and oxygen atoms in total. The molecule has 0 saturated heterocycles. The van der Waals surface area contributed by atoms with Crippen molar-refractivity contribution in [3.63, 3.8) is 0 Å². The molecule has 2 unspecified atom stereocenters. The zero-order valence-electron chi connectivity index (χ0n) is 8.67. The molecule has 0 aliphatic heterocycles. The molecule has 0 fully saturated rings. The van der Waals surface area contributed by atoms with Gasteiger partial charge >= 0.3 is 0 Å². The van der Waals surface area contributed by atoms with Gasteiger partial charge < -0.3 is 0 Å². The number of hydrogen-bond donors (Lipinski definition) is 0. The lowest BCUT2D eigenvalue weighted by molar-refractivity contribution is 0.571. The van der Waals surface area contributed by atoms with E-state index in [2.05, 4.69) is 32.9 Å². The Hall–Kier alpha value is -1.03. The van der Waals surface area contributed by atoms with E-state index in [-0.39, 0.29) is 0 Å². The summed E-state index contributed by atoms with van der Waals surface area (Å²) in [6, 6.07) is 2.28. The second kappa shape index (κ2) is 4.28. The van der Waals surface area contributed by atoms with Crippen LogP contribution in [0.25, 0.3) is 0 Å². The van der Waals surface area contributed by atoms with E-state index in [9.17, 15) is 0 Å². The van der Waals surface area contributed by atoms with Crippen molar-refractivity contribution < 1.29 is 0 Å². The first-order valence-electron chi connectivity index (χ1n) is 5.00. The Labute approximate surface area is 80.8 Å². The van der Waals surface area contributed by atoms with Gasteiger partial charge in [0.15, 0.2) is 0 Å². The van der Waals surface area contributed by atoms with Crippen LogP contribution in [0.15, 0.2) is 23.3 Å². The third kappa shape index (κ3) is 2.21. The molecule has 70 valence electrons. The lowest BCUT2D eigenvalue weighted by Crippen LogP contribution is -2.08. The first-order chi connectivity index (χ1) is 6.19. The second-order valence-corrected chi connectivity index (χ2v) is 3.90. The number of nitrogens with zero attached hydrogens (tertiary/aromatic N) is 1. The Balaban J connectivity index is 2.93. The largest absolute Gasteiger partial charge is 0.192 e. The van der Waals surface area contributed by atoms with Gasteiger partial charge in [0, 0.05) is 0 Å². The van der Waals surface area contributed by atoms with Crippen LogP contribution in [0.5, 0.6) is 0 Å². The Kier molecular flexibility index (Phi) is 3.31. The Bertz CT molecular complexity index is 278. The molecule has 1 heteroatoms. The monoisotopic (exact) mass is 175 g/mol. The van der Waals surface area contributed by atoms with Gasteiger partial charge in [-0.25, -0.2) is 0 Å².